The van der Waals surface area contributed by atoms with Crippen molar-refractivity contribution >= 4 is 11.9 Å². The Morgan fingerprint density at radius 3 is 2.60 bits per heavy atom. The maximum Gasteiger partial charge on any atom is 0.303 e. The summed E-state index contributed by atoms with van der Waals surface area (Å²) in [7, 11) is 0. The molecule has 0 radical (unpaired) electrons. The molecule has 0 aliphatic heterocycles. The standard InChI is InChI=1S/C13H19N3O4/c1-8(2)5-9(6-12(18)19)7-14-13(20)10-3-4-11(17)16-15-10/h3-4,8-9H,5-7H2,1-2H3,(H,14,20)(H,16,17)(H,18,19). The van der Waals surface area contributed by atoms with Gasteiger partial charge in [-0.05, 0) is 24.3 Å². The van der Waals surface area contributed by atoms with Crippen molar-refractivity contribution in [1.82, 2.24) is 15.5 Å². The maximum atomic E-state index is 11.8. The molecule has 1 heterocycles. The van der Waals surface area contributed by atoms with Gasteiger partial charge in [-0.25, -0.2) is 5.10 Å². The van der Waals surface area contributed by atoms with E-state index in [-0.39, 0.29) is 30.1 Å². The predicted octanol–water partition coefficient (Wildman–Crippen LogP) is 0.637. The lowest BCUT2D eigenvalue weighted by Gasteiger charge is -2.17. The Morgan fingerprint density at radius 2 is 2.10 bits per heavy atom. The van der Waals surface area contributed by atoms with Gasteiger partial charge in [0.2, 0.25) is 0 Å². The van der Waals surface area contributed by atoms with Gasteiger partial charge in [0, 0.05) is 19.0 Å². The number of carboxylic acid groups (broad SMARTS) is 1. The van der Waals surface area contributed by atoms with Crippen molar-refractivity contribution in [3.05, 3.63) is 28.2 Å². The van der Waals surface area contributed by atoms with E-state index in [0.29, 0.717) is 12.3 Å². The van der Waals surface area contributed by atoms with Crippen LogP contribution in [0.25, 0.3) is 0 Å². The fraction of sp³-hybridized carbons (Fsp3) is 0.538. The molecule has 0 spiro atoms. The predicted molar refractivity (Wildman–Crippen MR) is 72.4 cm³/mol. The fourth-order valence-electron chi connectivity index (χ4n) is 1.95. The minimum Gasteiger partial charge on any atom is -0.481 e. The van der Waals surface area contributed by atoms with Crippen LogP contribution in [0.5, 0.6) is 0 Å². The SMILES string of the molecule is CC(C)CC(CNC(=O)c1ccc(=O)[nH]n1)CC(=O)O. The third-order valence-corrected chi connectivity index (χ3v) is 2.73. The summed E-state index contributed by atoms with van der Waals surface area (Å²) in [4.78, 5) is 33.4. The number of aromatic amines is 1. The van der Waals surface area contributed by atoms with Gasteiger partial charge in [0.05, 0.1) is 0 Å². The van der Waals surface area contributed by atoms with E-state index in [9.17, 15) is 14.4 Å². The zero-order valence-electron chi connectivity index (χ0n) is 11.5. The first kappa shape index (κ1) is 15.9. The molecule has 0 saturated carbocycles. The lowest BCUT2D eigenvalue weighted by atomic mass is 9.94. The Morgan fingerprint density at radius 1 is 1.40 bits per heavy atom. The molecular weight excluding hydrogens is 262 g/mol. The van der Waals surface area contributed by atoms with Crippen molar-refractivity contribution in [2.24, 2.45) is 11.8 Å². The van der Waals surface area contributed by atoms with E-state index in [1.165, 1.54) is 12.1 Å². The number of carbonyl (C=O) groups is 2. The first-order valence-electron chi connectivity index (χ1n) is 6.44. The van der Waals surface area contributed by atoms with E-state index in [0.717, 1.165) is 0 Å². The van der Waals surface area contributed by atoms with Crippen LogP contribution in [-0.4, -0.2) is 33.7 Å². The van der Waals surface area contributed by atoms with E-state index < -0.39 is 11.9 Å². The third kappa shape index (κ3) is 5.64. The molecule has 3 N–H and O–H groups in total. The molecule has 0 aliphatic carbocycles. The number of H-pyrrole nitrogens is 1. The summed E-state index contributed by atoms with van der Waals surface area (Å²) in [6, 6.07) is 2.54. The summed E-state index contributed by atoms with van der Waals surface area (Å²) in [6.45, 7) is 4.27. The van der Waals surface area contributed by atoms with E-state index in [1.54, 1.807) is 0 Å². The number of rotatable bonds is 7. The van der Waals surface area contributed by atoms with Gasteiger partial charge in [0.15, 0.2) is 0 Å². The molecule has 0 aromatic carbocycles. The van der Waals surface area contributed by atoms with Crippen LogP contribution in [0.15, 0.2) is 16.9 Å². The molecule has 7 nitrogen and oxygen atoms in total. The third-order valence-electron chi connectivity index (χ3n) is 2.73. The Bertz CT molecular complexity index is 504. The Hall–Kier alpha value is -2.18. The highest BCUT2D eigenvalue weighted by molar-refractivity contribution is 5.91. The number of nitrogens with one attached hydrogen (secondary N) is 2. The summed E-state index contributed by atoms with van der Waals surface area (Å²) in [6.07, 6.45) is 0.725. The topological polar surface area (TPSA) is 112 Å². The fourth-order valence-corrected chi connectivity index (χ4v) is 1.95. The van der Waals surface area contributed by atoms with Gasteiger partial charge in [-0.15, -0.1) is 0 Å². The number of nitrogens with zero attached hydrogens (tertiary/aromatic N) is 1. The quantitative estimate of drug-likeness (QED) is 0.679. The number of carbonyl (C=O) groups excluding carboxylic acids is 1. The van der Waals surface area contributed by atoms with Gasteiger partial charge in [-0.2, -0.15) is 5.10 Å². The van der Waals surface area contributed by atoms with Crippen LogP contribution in [0.4, 0.5) is 0 Å². The van der Waals surface area contributed by atoms with Crippen LogP contribution in [-0.2, 0) is 4.79 Å². The van der Waals surface area contributed by atoms with Crippen molar-refractivity contribution in [3.8, 4) is 0 Å². The average Bonchev–Trinajstić information content (AvgIpc) is 2.35. The van der Waals surface area contributed by atoms with Crippen molar-refractivity contribution in [2.75, 3.05) is 6.54 Å². The summed E-state index contributed by atoms with van der Waals surface area (Å²) < 4.78 is 0. The van der Waals surface area contributed by atoms with Crippen molar-refractivity contribution in [1.29, 1.82) is 0 Å². The molecule has 0 aliphatic rings. The highest BCUT2D eigenvalue weighted by Gasteiger charge is 2.17. The monoisotopic (exact) mass is 281 g/mol. The molecule has 1 aromatic rings. The zero-order chi connectivity index (χ0) is 15.1. The summed E-state index contributed by atoms with van der Waals surface area (Å²) in [5.41, 5.74) is -0.284. The van der Waals surface area contributed by atoms with Gasteiger partial charge < -0.3 is 10.4 Å². The molecule has 1 aromatic heterocycles. The summed E-state index contributed by atoms with van der Waals surface area (Å²) in [5, 5.41) is 17.3. The molecule has 110 valence electrons. The first-order valence-corrected chi connectivity index (χ1v) is 6.44. The number of hydrogen-bond donors (Lipinski definition) is 3. The minimum absolute atomic E-state index is 0.0114. The smallest absolute Gasteiger partial charge is 0.303 e. The maximum absolute atomic E-state index is 11.8. The van der Waals surface area contributed by atoms with Gasteiger partial charge in [0.1, 0.15) is 5.69 Å². The second-order valence-electron chi connectivity index (χ2n) is 5.11. The summed E-state index contributed by atoms with van der Waals surface area (Å²) in [5.74, 6) is -1.09. The van der Waals surface area contributed by atoms with Crippen LogP contribution in [0.1, 0.15) is 37.2 Å². The van der Waals surface area contributed by atoms with Crippen LogP contribution >= 0.6 is 0 Å². The van der Waals surface area contributed by atoms with Gasteiger partial charge >= 0.3 is 5.97 Å². The molecule has 0 fully saturated rings. The van der Waals surface area contributed by atoms with Gasteiger partial charge in [-0.1, -0.05) is 13.8 Å². The highest BCUT2D eigenvalue weighted by Crippen LogP contribution is 2.14. The second-order valence-corrected chi connectivity index (χ2v) is 5.11. The molecule has 0 bridgehead atoms. The molecule has 20 heavy (non-hydrogen) atoms. The molecular formula is C13H19N3O4. The normalized spacial score (nSPS) is 12.2. The zero-order valence-corrected chi connectivity index (χ0v) is 11.5. The Kier molecular flexibility index (Phi) is 5.89. The number of carboxylic acids is 1. The summed E-state index contributed by atoms with van der Waals surface area (Å²) >= 11 is 0. The van der Waals surface area contributed by atoms with Crippen LogP contribution in [0.3, 0.4) is 0 Å². The molecule has 1 rings (SSSR count). The van der Waals surface area contributed by atoms with Gasteiger partial charge in [-0.3, -0.25) is 14.4 Å². The highest BCUT2D eigenvalue weighted by atomic mass is 16.4. The molecule has 0 saturated heterocycles. The lowest BCUT2D eigenvalue weighted by Crippen LogP contribution is -2.32. The number of aliphatic carboxylic acids is 1. The van der Waals surface area contributed by atoms with Crippen molar-refractivity contribution < 1.29 is 14.7 Å². The van der Waals surface area contributed by atoms with E-state index in [4.69, 9.17) is 5.11 Å². The van der Waals surface area contributed by atoms with Crippen LogP contribution in [0, 0.1) is 11.8 Å². The van der Waals surface area contributed by atoms with Crippen LogP contribution in [0.2, 0.25) is 0 Å². The average molecular weight is 281 g/mol. The lowest BCUT2D eigenvalue weighted by molar-refractivity contribution is -0.138. The number of amides is 1. The Balaban J connectivity index is 2.57. The second kappa shape index (κ2) is 7.42. The van der Waals surface area contributed by atoms with Crippen molar-refractivity contribution in [2.45, 2.75) is 26.7 Å². The van der Waals surface area contributed by atoms with Crippen LogP contribution < -0.4 is 10.9 Å². The minimum atomic E-state index is -0.882. The van der Waals surface area contributed by atoms with Crippen molar-refractivity contribution in [3.63, 3.8) is 0 Å². The number of hydrogen-bond acceptors (Lipinski definition) is 4. The number of aromatic nitrogens is 2. The Labute approximate surface area is 116 Å². The first-order chi connectivity index (χ1) is 9.38. The van der Waals surface area contributed by atoms with E-state index >= 15 is 0 Å². The molecule has 1 amide bonds. The molecule has 7 heteroatoms. The van der Waals surface area contributed by atoms with E-state index in [1.807, 2.05) is 13.8 Å². The van der Waals surface area contributed by atoms with Gasteiger partial charge in [0.25, 0.3) is 11.5 Å². The molecule has 1 atom stereocenters. The molecule has 1 unspecified atom stereocenters. The van der Waals surface area contributed by atoms with E-state index in [2.05, 4.69) is 15.5 Å². The largest absolute Gasteiger partial charge is 0.481 e.